The summed E-state index contributed by atoms with van der Waals surface area (Å²) in [5.74, 6) is -0.781. The van der Waals surface area contributed by atoms with Crippen LogP contribution in [0.4, 0.5) is 4.39 Å². The summed E-state index contributed by atoms with van der Waals surface area (Å²) in [6, 6.07) is 4.09. The molecule has 0 saturated heterocycles. The van der Waals surface area contributed by atoms with Crippen molar-refractivity contribution in [3.63, 3.8) is 0 Å². The van der Waals surface area contributed by atoms with Gasteiger partial charge >= 0.3 is 0 Å². The van der Waals surface area contributed by atoms with E-state index in [4.69, 9.17) is 17.3 Å². The molecule has 0 unspecified atom stereocenters. The molecule has 0 bridgehead atoms. The molecule has 19 heavy (non-hydrogen) atoms. The third-order valence-electron chi connectivity index (χ3n) is 2.54. The predicted molar refractivity (Wildman–Crippen MR) is 68.5 cm³/mol. The van der Waals surface area contributed by atoms with Gasteiger partial charge in [-0.25, -0.2) is 4.39 Å². The molecule has 0 radical (unpaired) electrons. The third kappa shape index (κ3) is 3.36. The van der Waals surface area contributed by atoms with Gasteiger partial charge in [0.1, 0.15) is 11.5 Å². The van der Waals surface area contributed by atoms with Crippen LogP contribution < -0.4 is 5.73 Å². The van der Waals surface area contributed by atoms with Gasteiger partial charge in [0.15, 0.2) is 5.78 Å². The number of nitrogens with two attached hydrogens (primary N) is 1. The fraction of sp³-hybridized carbons (Fsp3) is 0.250. The number of nitrogens with zero attached hydrogens (tertiary/aromatic N) is 3. The summed E-state index contributed by atoms with van der Waals surface area (Å²) in [4.78, 5) is 11.9. The number of rotatable bonds is 5. The number of hydrogen-bond donors (Lipinski definition) is 1. The maximum Gasteiger partial charge on any atom is 0.189 e. The summed E-state index contributed by atoms with van der Waals surface area (Å²) in [6.45, 7) is 0.881. The van der Waals surface area contributed by atoms with Gasteiger partial charge in [-0.3, -0.25) is 9.48 Å². The number of benzene rings is 1. The number of Topliss-reactive ketones (excluding diaryl/α,β-unsaturated/α-hetero) is 1. The minimum atomic E-state index is -0.466. The Morgan fingerprint density at radius 2 is 2.26 bits per heavy atom. The largest absolute Gasteiger partial charge is 0.329 e. The van der Waals surface area contributed by atoms with Gasteiger partial charge in [0.25, 0.3) is 0 Å². The second kappa shape index (κ2) is 5.90. The van der Waals surface area contributed by atoms with Crippen LogP contribution in [-0.4, -0.2) is 27.3 Å². The molecule has 0 aliphatic rings. The van der Waals surface area contributed by atoms with Crippen molar-refractivity contribution in [1.29, 1.82) is 0 Å². The first-order valence-corrected chi connectivity index (χ1v) is 6.05. The zero-order chi connectivity index (χ0) is 13.8. The summed E-state index contributed by atoms with van der Waals surface area (Å²) < 4.78 is 15.0. The normalized spacial score (nSPS) is 10.7. The van der Waals surface area contributed by atoms with Crippen LogP contribution in [0.25, 0.3) is 0 Å². The molecule has 0 atom stereocenters. The van der Waals surface area contributed by atoms with E-state index in [0.29, 0.717) is 18.1 Å². The topological polar surface area (TPSA) is 73.8 Å². The van der Waals surface area contributed by atoms with Gasteiger partial charge in [0, 0.05) is 18.0 Å². The molecule has 1 aromatic heterocycles. The van der Waals surface area contributed by atoms with E-state index in [1.54, 1.807) is 0 Å². The number of carbonyl (C=O) groups excluding carboxylic acids is 1. The molecule has 7 heteroatoms. The fourth-order valence-corrected chi connectivity index (χ4v) is 1.80. The molecule has 0 saturated carbocycles. The fourth-order valence-electron chi connectivity index (χ4n) is 1.61. The Bertz CT molecular complexity index is 599. The van der Waals surface area contributed by atoms with Crippen LogP contribution in [0.3, 0.4) is 0 Å². The number of hydrogen-bond acceptors (Lipinski definition) is 4. The van der Waals surface area contributed by atoms with E-state index >= 15 is 0 Å². The first-order chi connectivity index (χ1) is 9.10. The number of aromatic nitrogens is 3. The molecule has 0 amide bonds. The van der Waals surface area contributed by atoms with Crippen molar-refractivity contribution in [1.82, 2.24) is 15.0 Å². The quantitative estimate of drug-likeness (QED) is 0.843. The maximum absolute atomic E-state index is 13.5. The number of halogens is 2. The average molecular weight is 283 g/mol. The first-order valence-electron chi connectivity index (χ1n) is 5.67. The van der Waals surface area contributed by atoms with Crippen molar-refractivity contribution in [2.24, 2.45) is 5.73 Å². The van der Waals surface area contributed by atoms with Crippen molar-refractivity contribution < 1.29 is 9.18 Å². The van der Waals surface area contributed by atoms with Crippen molar-refractivity contribution >= 4 is 17.4 Å². The highest BCUT2D eigenvalue weighted by Crippen LogP contribution is 2.16. The third-order valence-corrected chi connectivity index (χ3v) is 2.78. The molecule has 0 aliphatic heterocycles. The van der Waals surface area contributed by atoms with Crippen molar-refractivity contribution in [3.05, 3.63) is 46.5 Å². The van der Waals surface area contributed by atoms with Crippen LogP contribution in [0, 0.1) is 5.82 Å². The lowest BCUT2D eigenvalue weighted by atomic mass is 10.1. The summed E-state index contributed by atoms with van der Waals surface area (Å²) in [5, 5.41) is 7.88. The standard InChI is InChI=1S/C12H12ClFN4O/c13-9-1-2-10(14)8(5-9)6-12(19)11-7-18(4-3-15)17-16-11/h1-2,5,7H,3-4,6,15H2. The highest BCUT2D eigenvalue weighted by Gasteiger charge is 2.14. The van der Waals surface area contributed by atoms with Crippen molar-refractivity contribution in [3.8, 4) is 0 Å². The lowest BCUT2D eigenvalue weighted by molar-refractivity contribution is 0.0987. The Morgan fingerprint density at radius 3 is 3.00 bits per heavy atom. The van der Waals surface area contributed by atoms with Crippen LogP contribution in [0.2, 0.25) is 5.02 Å². The summed E-state index contributed by atoms with van der Waals surface area (Å²) in [5.41, 5.74) is 5.80. The smallest absolute Gasteiger partial charge is 0.189 e. The molecule has 1 aromatic carbocycles. The number of carbonyl (C=O) groups is 1. The van der Waals surface area contributed by atoms with Crippen LogP contribution in [0.5, 0.6) is 0 Å². The molecular weight excluding hydrogens is 271 g/mol. The predicted octanol–water partition coefficient (Wildman–Crippen LogP) is 1.45. The molecule has 2 aromatic rings. The minimum absolute atomic E-state index is 0.103. The van der Waals surface area contributed by atoms with E-state index in [-0.39, 0.29) is 23.5 Å². The zero-order valence-electron chi connectivity index (χ0n) is 10.0. The van der Waals surface area contributed by atoms with Gasteiger partial charge in [-0.1, -0.05) is 16.8 Å². The van der Waals surface area contributed by atoms with Crippen LogP contribution in [-0.2, 0) is 13.0 Å². The van der Waals surface area contributed by atoms with Gasteiger partial charge in [0.2, 0.25) is 0 Å². The van der Waals surface area contributed by atoms with Gasteiger partial charge in [-0.05, 0) is 23.8 Å². The molecule has 0 fully saturated rings. The molecule has 0 aliphatic carbocycles. The van der Waals surface area contributed by atoms with E-state index in [1.165, 1.54) is 29.1 Å². The summed E-state index contributed by atoms with van der Waals surface area (Å²) >= 11 is 5.77. The molecule has 5 nitrogen and oxygen atoms in total. The van der Waals surface area contributed by atoms with E-state index in [1.807, 2.05) is 0 Å². The SMILES string of the molecule is NCCn1cc(C(=O)Cc2cc(Cl)ccc2F)nn1. The second-order valence-electron chi connectivity index (χ2n) is 3.99. The molecular formula is C12H12ClFN4O. The Balaban J connectivity index is 2.13. The second-order valence-corrected chi connectivity index (χ2v) is 4.43. The summed E-state index contributed by atoms with van der Waals surface area (Å²) in [7, 11) is 0. The van der Waals surface area contributed by atoms with Crippen molar-refractivity contribution in [2.75, 3.05) is 6.54 Å². The van der Waals surface area contributed by atoms with Crippen molar-refractivity contribution in [2.45, 2.75) is 13.0 Å². The highest BCUT2D eigenvalue weighted by molar-refractivity contribution is 6.30. The van der Waals surface area contributed by atoms with E-state index in [9.17, 15) is 9.18 Å². The van der Waals surface area contributed by atoms with Gasteiger partial charge < -0.3 is 5.73 Å². The maximum atomic E-state index is 13.5. The van der Waals surface area contributed by atoms with Crippen LogP contribution in [0.15, 0.2) is 24.4 Å². The number of ketones is 1. The van der Waals surface area contributed by atoms with E-state index in [2.05, 4.69) is 10.3 Å². The van der Waals surface area contributed by atoms with Gasteiger partial charge in [-0.15, -0.1) is 5.10 Å². The molecule has 2 N–H and O–H groups in total. The van der Waals surface area contributed by atoms with E-state index in [0.717, 1.165) is 0 Å². The molecule has 1 heterocycles. The van der Waals surface area contributed by atoms with Gasteiger partial charge in [-0.2, -0.15) is 0 Å². The molecule has 2 rings (SSSR count). The molecule has 100 valence electrons. The van der Waals surface area contributed by atoms with Gasteiger partial charge in [0.05, 0.1) is 12.7 Å². The monoisotopic (exact) mass is 282 g/mol. The Morgan fingerprint density at radius 1 is 1.47 bits per heavy atom. The Kier molecular flexibility index (Phi) is 4.24. The first kappa shape index (κ1) is 13.6. The minimum Gasteiger partial charge on any atom is -0.329 e. The summed E-state index contributed by atoms with van der Waals surface area (Å²) in [6.07, 6.45) is 1.39. The van der Waals surface area contributed by atoms with E-state index < -0.39 is 5.82 Å². The Hall–Kier alpha value is -1.79. The average Bonchev–Trinajstić information content (AvgIpc) is 2.83. The Labute approximate surface area is 114 Å². The van der Waals surface area contributed by atoms with Crippen LogP contribution in [0.1, 0.15) is 16.1 Å². The van der Waals surface area contributed by atoms with Crippen LogP contribution >= 0.6 is 11.6 Å². The molecule has 0 spiro atoms. The lowest BCUT2D eigenvalue weighted by Crippen LogP contribution is -2.10. The lowest BCUT2D eigenvalue weighted by Gasteiger charge is -2.01. The highest BCUT2D eigenvalue weighted by atomic mass is 35.5. The zero-order valence-corrected chi connectivity index (χ0v) is 10.8.